The highest BCUT2D eigenvalue weighted by molar-refractivity contribution is 6.01. The molecule has 0 fully saturated rings. The number of nitrogens with one attached hydrogen (secondary N) is 1. The molecule has 0 heterocycles. The van der Waals surface area contributed by atoms with E-state index >= 15 is 0 Å². The van der Waals surface area contributed by atoms with Crippen molar-refractivity contribution >= 4 is 17.3 Å². The molecule has 0 saturated carbocycles. The van der Waals surface area contributed by atoms with Crippen LogP contribution in [0.3, 0.4) is 0 Å². The van der Waals surface area contributed by atoms with Gasteiger partial charge in [0, 0.05) is 12.1 Å². The Morgan fingerprint density at radius 1 is 1.21 bits per heavy atom. The molecule has 0 unspecified atom stereocenters. The molecule has 0 spiro atoms. The van der Waals surface area contributed by atoms with Gasteiger partial charge in [-0.05, 0) is 25.5 Å². The molecule has 7 nitrogen and oxygen atoms in total. The minimum Gasteiger partial charge on any atom is -0.496 e. The van der Waals surface area contributed by atoms with Crippen molar-refractivity contribution in [2.24, 2.45) is 5.10 Å². The third kappa shape index (κ3) is 3.95. The lowest BCUT2D eigenvalue weighted by Crippen LogP contribution is -2.20. The number of hydrogen-bond acceptors (Lipinski definition) is 5. The van der Waals surface area contributed by atoms with Crippen LogP contribution < -0.4 is 10.2 Å². The fraction of sp³-hybridized carbons (Fsp3) is 0.176. The highest BCUT2D eigenvalue weighted by atomic mass is 16.6. The van der Waals surface area contributed by atoms with Crippen molar-refractivity contribution in [3.8, 4) is 5.75 Å². The Hall–Kier alpha value is -3.22. The third-order valence-corrected chi connectivity index (χ3v) is 3.43. The zero-order chi connectivity index (χ0) is 17.7. The van der Waals surface area contributed by atoms with E-state index in [4.69, 9.17) is 4.74 Å². The first-order valence-electron chi connectivity index (χ1n) is 7.16. The summed E-state index contributed by atoms with van der Waals surface area (Å²) in [5.74, 6) is -0.344. The Morgan fingerprint density at radius 2 is 1.88 bits per heavy atom. The van der Waals surface area contributed by atoms with Crippen molar-refractivity contribution in [1.82, 2.24) is 5.43 Å². The summed E-state index contributed by atoms with van der Waals surface area (Å²) in [6, 6.07) is 11.5. The number of carbonyl (C=O) groups excluding carboxylic acids is 1. The molecule has 1 N–H and O–H groups in total. The SMILES string of the molecule is COc1ccc([N+](=O)[O-])cc1C(=O)NN=C(C)c1ccc(C)cc1. The van der Waals surface area contributed by atoms with Gasteiger partial charge in [-0.1, -0.05) is 29.8 Å². The number of carbonyl (C=O) groups is 1. The van der Waals surface area contributed by atoms with E-state index in [-0.39, 0.29) is 17.0 Å². The first kappa shape index (κ1) is 17.1. The zero-order valence-corrected chi connectivity index (χ0v) is 13.6. The van der Waals surface area contributed by atoms with Gasteiger partial charge in [0.15, 0.2) is 0 Å². The number of nitrogens with zero attached hydrogens (tertiary/aromatic N) is 2. The second kappa shape index (κ2) is 7.36. The van der Waals surface area contributed by atoms with Crippen LogP contribution in [0, 0.1) is 17.0 Å². The molecule has 0 aliphatic heterocycles. The number of non-ortho nitro benzene ring substituents is 1. The number of ether oxygens (including phenoxy) is 1. The molecular formula is C17H17N3O4. The highest BCUT2D eigenvalue weighted by Gasteiger charge is 2.17. The summed E-state index contributed by atoms with van der Waals surface area (Å²) in [7, 11) is 1.39. The van der Waals surface area contributed by atoms with Crippen molar-refractivity contribution < 1.29 is 14.5 Å². The average Bonchev–Trinajstić information content (AvgIpc) is 2.59. The lowest BCUT2D eigenvalue weighted by molar-refractivity contribution is -0.384. The van der Waals surface area contributed by atoms with E-state index in [9.17, 15) is 14.9 Å². The van der Waals surface area contributed by atoms with Crippen LogP contribution in [-0.2, 0) is 0 Å². The van der Waals surface area contributed by atoms with Crippen molar-refractivity contribution in [2.75, 3.05) is 7.11 Å². The van der Waals surface area contributed by atoms with E-state index in [1.54, 1.807) is 6.92 Å². The Kier molecular flexibility index (Phi) is 5.26. The van der Waals surface area contributed by atoms with Crippen molar-refractivity contribution in [2.45, 2.75) is 13.8 Å². The Morgan fingerprint density at radius 3 is 2.46 bits per heavy atom. The molecule has 7 heteroatoms. The molecule has 24 heavy (non-hydrogen) atoms. The molecule has 0 bridgehead atoms. The van der Waals surface area contributed by atoms with E-state index in [0.29, 0.717) is 5.71 Å². The maximum atomic E-state index is 12.3. The van der Waals surface area contributed by atoms with Gasteiger partial charge < -0.3 is 4.74 Å². The molecule has 0 aliphatic carbocycles. The third-order valence-electron chi connectivity index (χ3n) is 3.43. The van der Waals surface area contributed by atoms with Crippen LogP contribution in [0.5, 0.6) is 5.75 Å². The minimum atomic E-state index is -0.581. The van der Waals surface area contributed by atoms with Gasteiger partial charge in [-0.15, -0.1) is 0 Å². The second-order valence-corrected chi connectivity index (χ2v) is 5.15. The number of rotatable bonds is 5. The van der Waals surface area contributed by atoms with Crippen LogP contribution in [0.4, 0.5) is 5.69 Å². The predicted molar refractivity (Wildman–Crippen MR) is 90.5 cm³/mol. The van der Waals surface area contributed by atoms with E-state index in [1.165, 1.54) is 19.2 Å². The standard InChI is InChI=1S/C17H17N3O4/c1-11-4-6-13(7-5-11)12(2)18-19-17(21)15-10-14(20(22)23)8-9-16(15)24-3/h4-10H,1-3H3,(H,19,21). The topological polar surface area (TPSA) is 93.8 Å². The number of nitro benzene ring substituents is 1. The second-order valence-electron chi connectivity index (χ2n) is 5.15. The smallest absolute Gasteiger partial charge is 0.275 e. The summed E-state index contributed by atoms with van der Waals surface area (Å²) in [6.45, 7) is 3.74. The maximum absolute atomic E-state index is 12.3. The van der Waals surface area contributed by atoms with Crippen molar-refractivity contribution in [3.63, 3.8) is 0 Å². The normalized spacial score (nSPS) is 11.0. The zero-order valence-electron chi connectivity index (χ0n) is 13.6. The molecule has 2 aromatic rings. The van der Waals surface area contributed by atoms with Gasteiger partial charge in [-0.25, -0.2) is 5.43 Å². The number of hydrogen-bond donors (Lipinski definition) is 1. The van der Waals surface area contributed by atoms with Gasteiger partial charge in [0.2, 0.25) is 0 Å². The number of aryl methyl sites for hydroxylation is 1. The van der Waals surface area contributed by atoms with Crippen LogP contribution >= 0.6 is 0 Å². The highest BCUT2D eigenvalue weighted by Crippen LogP contribution is 2.23. The van der Waals surface area contributed by atoms with Crippen LogP contribution in [0.1, 0.15) is 28.4 Å². The lowest BCUT2D eigenvalue weighted by atomic mass is 10.1. The van der Waals surface area contributed by atoms with Crippen LogP contribution in [0.25, 0.3) is 0 Å². The number of amides is 1. The van der Waals surface area contributed by atoms with Crippen LogP contribution in [0.15, 0.2) is 47.6 Å². The first-order chi connectivity index (χ1) is 11.4. The maximum Gasteiger partial charge on any atom is 0.275 e. The molecule has 0 radical (unpaired) electrons. The number of hydrazone groups is 1. The molecule has 0 saturated heterocycles. The molecule has 2 rings (SSSR count). The summed E-state index contributed by atoms with van der Waals surface area (Å²) in [6.07, 6.45) is 0. The monoisotopic (exact) mass is 327 g/mol. The van der Waals surface area contributed by atoms with Gasteiger partial charge in [-0.3, -0.25) is 14.9 Å². The summed E-state index contributed by atoms with van der Waals surface area (Å²) in [5, 5.41) is 14.9. The van der Waals surface area contributed by atoms with Gasteiger partial charge in [0.25, 0.3) is 11.6 Å². The quantitative estimate of drug-likeness (QED) is 0.519. The van der Waals surface area contributed by atoms with Crippen molar-refractivity contribution in [3.05, 3.63) is 69.3 Å². The summed E-state index contributed by atoms with van der Waals surface area (Å²) in [5.41, 5.74) is 4.86. The van der Waals surface area contributed by atoms with Crippen LogP contribution in [0.2, 0.25) is 0 Å². The molecule has 0 aliphatic rings. The van der Waals surface area contributed by atoms with Crippen molar-refractivity contribution in [1.29, 1.82) is 0 Å². The minimum absolute atomic E-state index is 0.0483. The molecule has 1 amide bonds. The van der Waals surface area contributed by atoms with Crippen LogP contribution in [-0.4, -0.2) is 23.7 Å². The number of methoxy groups -OCH3 is 1. The molecule has 124 valence electrons. The van der Waals surface area contributed by atoms with Gasteiger partial charge in [0.1, 0.15) is 5.75 Å². The fourth-order valence-corrected chi connectivity index (χ4v) is 2.04. The first-order valence-corrected chi connectivity index (χ1v) is 7.16. The molecule has 0 atom stereocenters. The Balaban J connectivity index is 2.22. The molecular weight excluding hydrogens is 310 g/mol. The molecule has 0 aromatic heterocycles. The summed E-state index contributed by atoms with van der Waals surface area (Å²) in [4.78, 5) is 22.6. The fourth-order valence-electron chi connectivity index (χ4n) is 2.04. The van der Waals surface area contributed by atoms with Gasteiger partial charge >= 0.3 is 0 Å². The Labute approximate surface area is 139 Å². The van der Waals surface area contributed by atoms with E-state index < -0.39 is 10.8 Å². The predicted octanol–water partition coefficient (Wildman–Crippen LogP) is 3.07. The van der Waals surface area contributed by atoms with E-state index in [0.717, 1.165) is 17.2 Å². The molecule has 2 aromatic carbocycles. The summed E-state index contributed by atoms with van der Waals surface area (Å²) < 4.78 is 5.07. The van der Waals surface area contributed by atoms with E-state index in [2.05, 4.69) is 10.5 Å². The Bertz CT molecular complexity index is 798. The van der Waals surface area contributed by atoms with Gasteiger partial charge in [-0.2, -0.15) is 5.10 Å². The number of nitro groups is 1. The average molecular weight is 327 g/mol. The number of benzene rings is 2. The lowest BCUT2D eigenvalue weighted by Gasteiger charge is -2.07. The van der Waals surface area contributed by atoms with Gasteiger partial charge in [0.05, 0.1) is 23.3 Å². The summed E-state index contributed by atoms with van der Waals surface area (Å²) >= 11 is 0. The van der Waals surface area contributed by atoms with E-state index in [1.807, 2.05) is 31.2 Å². The largest absolute Gasteiger partial charge is 0.496 e.